The van der Waals surface area contributed by atoms with Crippen LogP contribution in [0.1, 0.15) is 18.4 Å². The first-order valence-corrected chi connectivity index (χ1v) is 7.28. The first-order valence-electron chi connectivity index (χ1n) is 7.28. The number of aromatic nitrogens is 3. The van der Waals surface area contributed by atoms with Crippen LogP contribution in [0, 0.1) is 5.41 Å². The number of aliphatic hydroxyl groups is 1. The zero-order valence-electron chi connectivity index (χ0n) is 12.2. The van der Waals surface area contributed by atoms with E-state index >= 15 is 0 Å². The average molecular weight is 301 g/mol. The molecule has 0 unspecified atom stereocenters. The van der Waals surface area contributed by atoms with Crippen LogP contribution in [0.2, 0.25) is 0 Å². The van der Waals surface area contributed by atoms with Crippen LogP contribution in [0.3, 0.4) is 0 Å². The molecular weight excluding hydrogens is 282 g/mol. The Balaban J connectivity index is 1.51. The zero-order chi connectivity index (χ0) is 15.4. The van der Waals surface area contributed by atoms with Gasteiger partial charge in [0.05, 0.1) is 6.61 Å². The quantitative estimate of drug-likeness (QED) is 0.640. The van der Waals surface area contributed by atoms with Crippen LogP contribution in [-0.4, -0.2) is 39.5 Å². The monoisotopic (exact) mass is 301 g/mol. The number of carbonyl (C=O) groups excluding carboxylic acids is 1. The predicted molar refractivity (Wildman–Crippen MR) is 80.8 cm³/mol. The Kier molecular flexibility index (Phi) is 4.06. The van der Waals surface area contributed by atoms with E-state index in [1.807, 2.05) is 24.3 Å². The fourth-order valence-electron chi connectivity index (χ4n) is 2.25. The zero-order valence-corrected chi connectivity index (χ0v) is 12.2. The summed E-state index contributed by atoms with van der Waals surface area (Å²) in [7, 11) is 0. The molecule has 0 spiro atoms. The Morgan fingerprint density at radius 3 is 2.91 bits per heavy atom. The number of aliphatic hydroxyl groups excluding tert-OH is 1. The van der Waals surface area contributed by atoms with E-state index in [-0.39, 0.29) is 18.1 Å². The van der Waals surface area contributed by atoms with Gasteiger partial charge in [0.2, 0.25) is 0 Å². The largest absolute Gasteiger partial charge is 0.396 e. The molecule has 1 heterocycles. The van der Waals surface area contributed by atoms with Gasteiger partial charge in [-0.25, -0.2) is 9.78 Å². The second-order valence-electron chi connectivity index (χ2n) is 5.73. The molecule has 116 valence electrons. The molecule has 4 N–H and O–H groups in total. The topological polar surface area (TPSA) is 103 Å². The Bertz CT molecular complexity index is 637. The third-order valence-electron chi connectivity index (χ3n) is 3.98. The third kappa shape index (κ3) is 3.43. The molecule has 7 heteroatoms. The second kappa shape index (κ2) is 6.15. The maximum atomic E-state index is 11.8. The number of hydrogen-bond acceptors (Lipinski definition) is 4. The van der Waals surface area contributed by atoms with E-state index < -0.39 is 0 Å². The molecule has 1 fully saturated rings. The number of carbonyl (C=O) groups is 1. The molecule has 1 aliphatic carbocycles. The molecule has 7 nitrogen and oxygen atoms in total. The van der Waals surface area contributed by atoms with Crippen molar-refractivity contribution in [3.63, 3.8) is 0 Å². The highest BCUT2D eigenvalue weighted by molar-refractivity contribution is 5.74. The van der Waals surface area contributed by atoms with Gasteiger partial charge in [-0.3, -0.25) is 5.10 Å². The molecule has 1 saturated carbocycles. The summed E-state index contributed by atoms with van der Waals surface area (Å²) >= 11 is 0. The van der Waals surface area contributed by atoms with Gasteiger partial charge in [0.15, 0.2) is 5.82 Å². The van der Waals surface area contributed by atoms with Crippen LogP contribution in [0.25, 0.3) is 11.4 Å². The van der Waals surface area contributed by atoms with E-state index in [9.17, 15) is 9.90 Å². The highest BCUT2D eigenvalue weighted by atomic mass is 16.3. The number of nitrogens with zero attached hydrogens (tertiary/aromatic N) is 2. The van der Waals surface area contributed by atoms with Crippen LogP contribution in [0.15, 0.2) is 30.6 Å². The number of hydrogen-bond donors (Lipinski definition) is 4. The highest BCUT2D eigenvalue weighted by Crippen LogP contribution is 2.44. The Hall–Kier alpha value is -2.41. The first-order chi connectivity index (χ1) is 10.7. The van der Waals surface area contributed by atoms with Gasteiger partial charge in [-0.1, -0.05) is 18.2 Å². The van der Waals surface area contributed by atoms with Gasteiger partial charge in [0.1, 0.15) is 6.33 Å². The summed E-state index contributed by atoms with van der Waals surface area (Å²) in [5.41, 5.74) is 1.82. The lowest BCUT2D eigenvalue weighted by atomic mass is 10.1. The van der Waals surface area contributed by atoms with Crippen molar-refractivity contribution < 1.29 is 9.90 Å². The maximum absolute atomic E-state index is 11.8. The lowest BCUT2D eigenvalue weighted by Gasteiger charge is -2.13. The fraction of sp³-hybridized carbons (Fsp3) is 0.400. The number of nitrogens with one attached hydrogen (secondary N) is 3. The molecule has 0 bridgehead atoms. The molecule has 1 aliphatic rings. The fourth-order valence-corrected chi connectivity index (χ4v) is 2.25. The summed E-state index contributed by atoms with van der Waals surface area (Å²) in [5.74, 6) is 0.699. The lowest BCUT2D eigenvalue weighted by Crippen LogP contribution is -2.39. The number of H-pyrrole nitrogens is 1. The molecule has 22 heavy (non-hydrogen) atoms. The summed E-state index contributed by atoms with van der Waals surface area (Å²) in [6.45, 7) is 1.08. The van der Waals surface area contributed by atoms with E-state index in [2.05, 4.69) is 25.8 Å². The van der Waals surface area contributed by atoms with Crippen molar-refractivity contribution in [2.24, 2.45) is 5.41 Å². The SMILES string of the molecule is O=C(NCc1cccc(-c2ncn[nH]2)c1)NCC1(CO)CC1. The highest BCUT2D eigenvalue weighted by Gasteiger charge is 2.42. The van der Waals surface area contributed by atoms with Gasteiger partial charge in [0, 0.05) is 24.1 Å². The number of amides is 2. The molecule has 1 aromatic carbocycles. The first kappa shape index (κ1) is 14.5. The average Bonchev–Trinajstić information content (AvgIpc) is 3.13. The molecule has 3 rings (SSSR count). The van der Waals surface area contributed by atoms with Crippen molar-refractivity contribution in [2.75, 3.05) is 13.2 Å². The van der Waals surface area contributed by atoms with E-state index in [0.29, 0.717) is 18.9 Å². The molecule has 0 radical (unpaired) electrons. The van der Waals surface area contributed by atoms with E-state index in [1.54, 1.807) is 0 Å². The molecular formula is C15H19N5O2. The van der Waals surface area contributed by atoms with E-state index in [4.69, 9.17) is 0 Å². The molecule has 0 aliphatic heterocycles. The van der Waals surface area contributed by atoms with Gasteiger partial charge in [-0.15, -0.1) is 0 Å². The number of benzene rings is 1. The number of rotatable bonds is 6. The minimum Gasteiger partial charge on any atom is -0.396 e. The Labute approximate surface area is 128 Å². The van der Waals surface area contributed by atoms with Crippen LogP contribution >= 0.6 is 0 Å². The smallest absolute Gasteiger partial charge is 0.315 e. The van der Waals surface area contributed by atoms with Gasteiger partial charge in [-0.2, -0.15) is 5.10 Å². The van der Waals surface area contributed by atoms with Crippen LogP contribution < -0.4 is 10.6 Å². The Morgan fingerprint density at radius 1 is 1.36 bits per heavy atom. The van der Waals surface area contributed by atoms with Crippen LogP contribution in [0.5, 0.6) is 0 Å². The summed E-state index contributed by atoms with van der Waals surface area (Å²) < 4.78 is 0. The lowest BCUT2D eigenvalue weighted by molar-refractivity contribution is 0.203. The third-order valence-corrected chi connectivity index (χ3v) is 3.98. The van der Waals surface area contributed by atoms with Crippen molar-refractivity contribution in [2.45, 2.75) is 19.4 Å². The van der Waals surface area contributed by atoms with Gasteiger partial charge < -0.3 is 15.7 Å². The van der Waals surface area contributed by atoms with Gasteiger partial charge in [-0.05, 0) is 24.5 Å². The van der Waals surface area contributed by atoms with Crippen molar-refractivity contribution in [1.29, 1.82) is 0 Å². The Morgan fingerprint density at radius 2 is 2.23 bits per heavy atom. The molecule has 0 atom stereocenters. The summed E-state index contributed by atoms with van der Waals surface area (Å²) in [6, 6.07) is 7.53. The van der Waals surface area contributed by atoms with E-state index in [0.717, 1.165) is 24.0 Å². The maximum Gasteiger partial charge on any atom is 0.315 e. The van der Waals surface area contributed by atoms with Crippen LogP contribution in [-0.2, 0) is 6.54 Å². The molecule has 2 amide bonds. The van der Waals surface area contributed by atoms with Crippen molar-refractivity contribution in [3.8, 4) is 11.4 Å². The minimum absolute atomic E-state index is 0.0798. The summed E-state index contributed by atoms with van der Waals surface area (Å²) in [6.07, 6.45) is 3.41. The summed E-state index contributed by atoms with van der Waals surface area (Å²) in [5, 5.41) is 21.5. The summed E-state index contributed by atoms with van der Waals surface area (Å²) in [4.78, 5) is 15.9. The van der Waals surface area contributed by atoms with Crippen molar-refractivity contribution in [1.82, 2.24) is 25.8 Å². The van der Waals surface area contributed by atoms with Gasteiger partial charge >= 0.3 is 6.03 Å². The minimum atomic E-state index is -0.218. The normalized spacial score (nSPS) is 15.3. The second-order valence-corrected chi connectivity index (χ2v) is 5.73. The molecule has 1 aromatic heterocycles. The number of aromatic amines is 1. The van der Waals surface area contributed by atoms with Crippen LogP contribution in [0.4, 0.5) is 4.79 Å². The van der Waals surface area contributed by atoms with E-state index in [1.165, 1.54) is 6.33 Å². The van der Waals surface area contributed by atoms with Crippen molar-refractivity contribution >= 4 is 6.03 Å². The molecule has 2 aromatic rings. The van der Waals surface area contributed by atoms with Gasteiger partial charge in [0.25, 0.3) is 0 Å². The standard InChI is InChI=1S/C15H19N5O2/c21-9-15(4-5-15)8-17-14(22)16-7-11-2-1-3-12(6-11)13-18-10-19-20-13/h1-3,6,10,21H,4-5,7-9H2,(H2,16,17,22)(H,18,19,20). The predicted octanol–water partition coefficient (Wildman–Crippen LogP) is 1.04. The number of urea groups is 1. The van der Waals surface area contributed by atoms with Crippen molar-refractivity contribution in [3.05, 3.63) is 36.2 Å². The molecule has 0 saturated heterocycles.